The maximum absolute atomic E-state index is 12.4. The molecule has 0 bridgehead atoms. The molecule has 5 nitrogen and oxygen atoms in total. The predicted octanol–water partition coefficient (Wildman–Crippen LogP) is 2.69. The van der Waals surface area contributed by atoms with E-state index in [9.17, 15) is 4.79 Å². The second-order valence-electron chi connectivity index (χ2n) is 5.33. The van der Waals surface area contributed by atoms with E-state index >= 15 is 0 Å². The number of aromatic nitrogens is 1. The van der Waals surface area contributed by atoms with E-state index in [0.717, 1.165) is 31.1 Å². The van der Waals surface area contributed by atoms with Gasteiger partial charge >= 0.3 is 0 Å². The number of nitrogens with two attached hydrogens (primary N) is 1. The van der Waals surface area contributed by atoms with Crippen LogP contribution in [0, 0.1) is 5.92 Å². The van der Waals surface area contributed by atoms with E-state index < -0.39 is 0 Å². The molecule has 1 aromatic heterocycles. The second kappa shape index (κ2) is 7.47. The fourth-order valence-electron chi connectivity index (χ4n) is 1.92. The molecule has 1 aromatic rings. The lowest BCUT2D eigenvalue weighted by atomic mass is 10.1. The van der Waals surface area contributed by atoms with Crippen LogP contribution in [0.5, 0.6) is 0 Å². The van der Waals surface area contributed by atoms with Crippen LogP contribution < -0.4 is 10.6 Å². The third-order valence-electron chi connectivity index (χ3n) is 3.35. The highest BCUT2D eigenvalue weighted by Crippen LogP contribution is 2.28. The zero-order valence-corrected chi connectivity index (χ0v) is 14.0. The quantitative estimate of drug-likeness (QED) is 0.840. The van der Waals surface area contributed by atoms with Crippen LogP contribution in [-0.2, 0) is 0 Å². The Hall–Kier alpha value is -1.30. The summed E-state index contributed by atoms with van der Waals surface area (Å²) in [5.41, 5.74) is 5.90. The molecule has 0 saturated carbocycles. The van der Waals surface area contributed by atoms with Crippen LogP contribution in [0.25, 0.3) is 0 Å². The second-order valence-corrected chi connectivity index (χ2v) is 6.31. The van der Waals surface area contributed by atoms with Gasteiger partial charge in [-0.15, -0.1) is 0 Å². The lowest BCUT2D eigenvalue weighted by molar-refractivity contribution is 0.0780. The largest absolute Gasteiger partial charge is 0.382 e. The summed E-state index contributed by atoms with van der Waals surface area (Å²) >= 11 is 1.38. The number of rotatable bonds is 7. The topological polar surface area (TPSA) is 62.5 Å². The van der Waals surface area contributed by atoms with Crippen LogP contribution in [-0.4, -0.2) is 43.0 Å². The number of amides is 1. The molecule has 6 heteroatoms. The fourth-order valence-corrected chi connectivity index (χ4v) is 2.89. The Labute approximate surface area is 125 Å². The van der Waals surface area contributed by atoms with Gasteiger partial charge in [0.25, 0.3) is 5.91 Å². The Morgan fingerprint density at radius 2 is 2.05 bits per heavy atom. The van der Waals surface area contributed by atoms with Crippen molar-refractivity contribution in [1.29, 1.82) is 0 Å². The first-order valence-corrected chi connectivity index (χ1v) is 7.95. The van der Waals surface area contributed by atoms with Crippen molar-refractivity contribution < 1.29 is 4.79 Å². The highest BCUT2D eigenvalue weighted by atomic mass is 32.1. The summed E-state index contributed by atoms with van der Waals surface area (Å²) in [6.45, 7) is 8.03. The molecule has 0 radical (unpaired) electrons. The van der Waals surface area contributed by atoms with E-state index in [2.05, 4.69) is 25.8 Å². The summed E-state index contributed by atoms with van der Waals surface area (Å²) in [6, 6.07) is 0. The van der Waals surface area contributed by atoms with Gasteiger partial charge in [-0.3, -0.25) is 4.79 Å². The van der Waals surface area contributed by atoms with Gasteiger partial charge < -0.3 is 15.5 Å². The summed E-state index contributed by atoms with van der Waals surface area (Å²) in [5, 5.41) is 0.810. The molecule has 114 valence electrons. The molecular weight excluding hydrogens is 272 g/mol. The molecule has 1 amide bonds. The molecule has 1 rings (SSSR count). The van der Waals surface area contributed by atoms with Gasteiger partial charge in [0.15, 0.2) is 5.13 Å². The Balaban J connectivity index is 2.83. The number of hydrogen-bond acceptors (Lipinski definition) is 5. The average Bonchev–Trinajstić information content (AvgIpc) is 2.80. The Kier molecular flexibility index (Phi) is 6.26. The number of nitrogen functional groups attached to an aromatic ring is 1. The summed E-state index contributed by atoms with van der Waals surface area (Å²) in [5.74, 6) is 0.797. The lowest BCUT2D eigenvalue weighted by Gasteiger charge is -2.20. The molecule has 2 N–H and O–H groups in total. The monoisotopic (exact) mass is 298 g/mol. The molecular formula is C14H26N4OS. The van der Waals surface area contributed by atoms with Crippen molar-refractivity contribution >= 4 is 28.2 Å². The molecule has 0 spiro atoms. The molecule has 1 unspecified atom stereocenters. The minimum atomic E-state index is -0.0311. The number of hydrogen-bond donors (Lipinski definition) is 1. The Bertz CT molecular complexity index is 446. The van der Waals surface area contributed by atoms with Gasteiger partial charge in [-0.1, -0.05) is 38.5 Å². The highest BCUT2D eigenvalue weighted by molar-refractivity contribution is 7.18. The van der Waals surface area contributed by atoms with Gasteiger partial charge in [0.05, 0.1) is 0 Å². The third kappa shape index (κ3) is 4.10. The van der Waals surface area contributed by atoms with Crippen molar-refractivity contribution in [3.05, 3.63) is 4.88 Å². The van der Waals surface area contributed by atoms with E-state index in [1.54, 1.807) is 4.90 Å². The van der Waals surface area contributed by atoms with Gasteiger partial charge in [-0.2, -0.15) is 0 Å². The fraction of sp³-hybridized carbons (Fsp3) is 0.714. The van der Waals surface area contributed by atoms with Gasteiger partial charge in [0.1, 0.15) is 10.7 Å². The summed E-state index contributed by atoms with van der Waals surface area (Å²) in [7, 11) is 3.79. The standard InChI is InChI=1S/C14H26N4OS/c1-6-8-17(4)14-16-12(15)11(20-14)13(19)18(5)9-10(3)7-2/h10H,6-9,15H2,1-5H3. The molecule has 0 saturated heterocycles. The number of carbonyl (C=O) groups is 1. The van der Waals surface area contributed by atoms with Crippen molar-refractivity contribution in [3.63, 3.8) is 0 Å². The Morgan fingerprint density at radius 3 is 2.60 bits per heavy atom. The zero-order valence-electron chi connectivity index (χ0n) is 13.1. The van der Waals surface area contributed by atoms with E-state index in [1.807, 2.05) is 19.0 Å². The van der Waals surface area contributed by atoms with Gasteiger partial charge in [0.2, 0.25) is 0 Å². The van der Waals surface area contributed by atoms with E-state index in [0.29, 0.717) is 16.6 Å². The molecule has 0 fully saturated rings. The first-order chi connectivity index (χ1) is 9.40. The average molecular weight is 298 g/mol. The lowest BCUT2D eigenvalue weighted by Crippen LogP contribution is -2.30. The van der Waals surface area contributed by atoms with Crippen molar-refractivity contribution in [1.82, 2.24) is 9.88 Å². The predicted molar refractivity (Wildman–Crippen MR) is 86.5 cm³/mol. The third-order valence-corrected chi connectivity index (χ3v) is 4.52. The SMILES string of the molecule is CCCN(C)c1nc(N)c(C(=O)N(C)CC(C)CC)s1. The van der Waals surface area contributed by atoms with Crippen molar-refractivity contribution in [2.45, 2.75) is 33.6 Å². The summed E-state index contributed by atoms with van der Waals surface area (Å²) < 4.78 is 0. The minimum absolute atomic E-state index is 0.0311. The number of anilines is 2. The first-order valence-electron chi connectivity index (χ1n) is 7.13. The summed E-state index contributed by atoms with van der Waals surface area (Å²) in [6.07, 6.45) is 2.09. The van der Waals surface area contributed by atoms with Crippen LogP contribution in [0.2, 0.25) is 0 Å². The summed E-state index contributed by atoms with van der Waals surface area (Å²) in [4.78, 5) is 21.0. The number of nitrogens with zero attached hydrogens (tertiary/aromatic N) is 3. The number of thiazole rings is 1. The smallest absolute Gasteiger partial charge is 0.267 e. The highest BCUT2D eigenvalue weighted by Gasteiger charge is 2.21. The van der Waals surface area contributed by atoms with Crippen molar-refractivity contribution in [2.24, 2.45) is 5.92 Å². The van der Waals surface area contributed by atoms with E-state index in [4.69, 9.17) is 5.73 Å². The van der Waals surface area contributed by atoms with Crippen LogP contribution in [0.3, 0.4) is 0 Å². The Morgan fingerprint density at radius 1 is 1.40 bits per heavy atom. The molecule has 20 heavy (non-hydrogen) atoms. The maximum Gasteiger partial charge on any atom is 0.267 e. The van der Waals surface area contributed by atoms with Gasteiger partial charge in [0, 0.05) is 27.2 Å². The van der Waals surface area contributed by atoms with E-state index in [-0.39, 0.29) is 5.91 Å². The van der Waals surface area contributed by atoms with Gasteiger partial charge in [-0.05, 0) is 12.3 Å². The molecule has 1 atom stereocenters. The molecule has 1 heterocycles. The normalized spacial score (nSPS) is 12.2. The van der Waals surface area contributed by atoms with Gasteiger partial charge in [-0.25, -0.2) is 4.98 Å². The minimum Gasteiger partial charge on any atom is -0.382 e. The number of carbonyl (C=O) groups excluding carboxylic acids is 1. The molecule has 0 aliphatic heterocycles. The maximum atomic E-state index is 12.4. The molecule has 0 aliphatic carbocycles. The zero-order chi connectivity index (χ0) is 15.3. The molecule has 0 aromatic carbocycles. The van der Waals surface area contributed by atoms with Crippen molar-refractivity contribution in [2.75, 3.05) is 37.8 Å². The van der Waals surface area contributed by atoms with Crippen molar-refractivity contribution in [3.8, 4) is 0 Å². The van der Waals surface area contributed by atoms with Crippen LogP contribution in [0.4, 0.5) is 10.9 Å². The van der Waals surface area contributed by atoms with E-state index in [1.165, 1.54) is 11.3 Å². The van der Waals surface area contributed by atoms with Crippen LogP contribution >= 0.6 is 11.3 Å². The first kappa shape index (κ1) is 16.8. The molecule has 0 aliphatic rings. The van der Waals surface area contributed by atoms with Crippen LogP contribution in [0.15, 0.2) is 0 Å². The van der Waals surface area contributed by atoms with Crippen LogP contribution in [0.1, 0.15) is 43.3 Å².